The lowest BCUT2D eigenvalue weighted by atomic mass is 9.98. The molecule has 19 heavy (non-hydrogen) atoms. The quantitative estimate of drug-likeness (QED) is 0.793. The summed E-state index contributed by atoms with van der Waals surface area (Å²) in [5, 5.41) is 2.76. The maximum Gasteiger partial charge on any atom is 0.250 e. The lowest BCUT2D eigenvalue weighted by Crippen LogP contribution is -2.24. The molecule has 0 saturated carbocycles. The third-order valence-corrected chi connectivity index (χ3v) is 2.79. The molecule has 0 radical (unpaired) electrons. The van der Waals surface area contributed by atoms with E-state index in [1.165, 1.54) is 12.7 Å². The molecule has 0 fully saturated rings. The van der Waals surface area contributed by atoms with E-state index in [1.807, 2.05) is 24.3 Å². The van der Waals surface area contributed by atoms with Crippen molar-refractivity contribution in [3.8, 4) is 0 Å². The van der Waals surface area contributed by atoms with E-state index in [9.17, 15) is 4.79 Å². The molecule has 1 aromatic carbocycles. The molecule has 4 heteroatoms. The second-order valence-corrected chi connectivity index (χ2v) is 5.27. The van der Waals surface area contributed by atoms with Crippen LogP contribution in [0.4, 0.5) is 5.69 Å². The Bertz CT molecular complexity index is 388. The number of hydrogen-bond donors (Lipinski definition) is 2. The van der Waals surface area contributed by atoms with E-state index >= 15 is 0 Å². The summed E-state index contributed by atoms with van der Waals surface area (Å²) >= 11 is 0. The highest BCUT2D eigenvalue weighted by atomic mass is 16.5. The molecule has 106 valence electrons. The van der Waals surface area contributed by atoms with Crippen LogP contribution < -0.4 is 11.1 Å². The molecule has 3 N–H and O–H groups in total. The van der Waals surface area contributed by atoms with Gasteiger partial charge >= 0.3 is 0 Å². The normalized spacial score (nSPS) is 12.5. The van der Waals surface area contributed by atoms with E-state index in [1.54, 1.807) is 0 Å². The first kappa shape index (κ1) is 15.7. The third kappa shape index (κ3) is 6.36. The fraction of sp³-hybridized carbons (Fsp3) is 0.533. The third-order valence-electron chi connectivity index (χ3n) is 2.79. The molecular weight excluding hydrogens is 240 g/mol. The smallest absolute Gasteiger partial charge is 0.250 e. The summed E-state index contributed by atoms with van der Waals surface area (Å²) in [6, 6.07) is 7.98. The maximum atomic E-state index is 11.3. The number of hydrogen-bond acceptors (Lipinski definition) is 3. The van der Waals surface area contributed by atoms with Crippen LogP contribution in [0.1, 0.15) is 25.8 Å². The molecule has 0 aliphatic rings. The van der Waals surface area contributed by atoms with E-state index in [0.29, 0.717) is 5.92 Å². The highest BCUT2D eigenvalue weighted by Gasteiger charge is 2.07. The van der Waals surface area contributed by atoms with Crippen molar-refractivity contribution in [3.05, 3.63) is 29.8 Å². The highest BCUT2D eigenvalue weighted by Crippen LogP contribution is 2.13. The Labute approximate surface area is 115 Å². The molecule has 0 aliphatic heterocycles. The predicted octanol–water partition coefficient (Wildman–Crippen LogP) is 2.19. The fourth-order valence-corrected chi connectivity index (χ4v) is 2.04. The van der Waals surface area contributed by atoms with Crippen LogP contribution in [0, 0.1) is 5.92 Å². The molecule has 0 aromatic heterocycles. The van der Waals surface area contributed by atoms with Gasteiger partial charge in [-0.1, -0.05) is 26.0 Å². The zero-order valence-electron chi connectivity index (χ0n) is 12.0. The Morgan fingerprint density at radius 2 is 1.95 bits per heavy atom. The lowest BCUT2D eigenvalue weighted by Gasteiger charge is -2.14. The molecule has 0 spiro atoms. The van der Waals surface area contributed by atoms with E-state index in [4.69, 9.17) is 10.5 Å². The first-order chi connectivity index (χ1) is 9.01. The zero-order valence-corrected chi connectivity index (χ0v) is 12.0. The maximum absolute atomic E-state index is 11.3. The summed E-state index contributed by atoms with van der Waals surface area (Å²) in [7, 11) is 1.50. The van der Waals surface area contributed by atoms with Gasteiger partial charge in [-0.05, 0) is 36.5 Å². The molecule has 0 aliphatic carbocycles. The summed E-state index contributed by atoms with van der Waals surface area (Å²) in [4.78, 5) is 11.3. The predicted molar refractivity (Wildman–Crippen MR) is 78.1 cm³/mol. The van der Waals surface area contributed by atoms with Gasteiger partial charge in [0.2, 0.25) is 5.91 Å². The minimum absolute atomic E-state index is 0.0705. The van der Waals surface area contributed by atoms with Crippen molar-refractivity contribution in [2.24, 2.45) is 11.7 Å². The lowest BCUT2D eigenvalue weighted by molar-refractivity contribution is -0.119. The number of anilines is 1. The number of benzene rings is 1. The van der Waals surface area contributed by atoms with Crippen molar-refractivity contribution >= 4 is 11.6 Å². The summed E-state index contributed by atoms with van der Waals surface area (Å²) < 4.78 is 4.76. The molecular formula is C15H24N2O2. The Morgan fingerprint density at radius 3 is 2.47 bits per heavy atom. The minimum atomic E-state index is -0.147. The second-order valence-electron chi connectivity index (χ2n) is 5.27. The molecule has 0 bridgehead atoms. The number of nitrogens with two attached hydrogens (primary N) is 1. The van der Waals surface area contributed by atoms with Gasteiger partial charge < -0.3 is 15.8 Å². The Morgan fingerprint density at radius 1 is 1.32 bits per heavy atom. The number of nitrogens with one attached hydrogen (secondary N) is 1. The largest absolute Gasteiger partial charge is 0.375 e. The average molecular weight is 264 g/mol. The van der Waals surface area contributed by atoms with Crippen molar-refractivity contribution in [2.45, 2.75) is 32.7 Å². The standard InChI is InChI=1S/C15H24N2O2/c1-11(2)8-13(16)9-12-4-6-14(7-5-12)17-15(18)10-19-3/h4-7,11,13H,8-10,16H2,1-3H3,(H,17,18). The van der Waals surface area contributed by atoms with Gasteiger partial charge in [0, 0.05) is 18.8 Å². The molecule has 4 nitrogen and oxygen atoms in total. The fourth-order valence-electron chi connectivity index (χ4n) is 2.04. The Kier molecular flexibility index (Phi) is 6.53. The van der Waals surface area contributed by atoms with Crippen LogP contribution >= 0.6 is 0 Å². The second kappa shape index (κ2) is 7.92. The number of methoxy groups -OCH3 is 1. The molecule has 1 amide bonds. The van der Waals surface area contributed by atoms with Gasteiger partial charge in [-0.15, -0.1) is 0 Å². The van der Waals surface area contributed by atoms with Crippen LogP contribution in [0.2, 0.25) is 0 Å². The van der Waals surface area contributed by atoms with E-state index in [0.717, 1.165) is 18.5 Å². The summed E-state index contributed by atoms with van der Waals surface area (Å²) in [5.41, 5.74) is 8.05. The number of ether oxygens (including phenoxy) is 1. The van der Waals surface area contributed by atoms with E-state index in [2.05, 4.69) is 19.2 Å². The van der Waals surface area contributed by atoms with E-state index < -0.39 is 0 Å². The highest BCUT2D eigenvalue weighted by molar-refractivity contribution is 5.91. The molecule has 1 atom stereocenters. The number of carbonyl (C=O) groups excluding carboxylic acids is 1. The van der Waals surface area contributed by atoms with Gasteiger partial charge in [-0.25, -0.2) is 0 Å². The van der Waals surface area contributed by atoms with Gasteiger partial charge in [0.25, 0.3) is 0 Å². The summed E-state index contributed by atoms with van der Waals surface area (Å²) in [6.07, 6.45) is 1.89. The summed E-state index contributed by atoms with van der Waals surface area (Å²) in [6.45, 7) is 4.42. The minimum Gasteiger partial charge on any atom is -0.375 e. The van der Waals surface area contributed by atoms with Crippen molar-refractivity contribution < 1.29 is 9.53 Å². The first-order valence-electron chi connectivity index (χ1n) is 6.64. The van der Waals surface area contributed by atoms with Gasteiger partial charge in [0.15, 0.2) is 0 Å². The van der Waals surface area contributed by atoms with Crippen molar-refractivity contribution in [1.29, 1.82) is 0 Å². The van der Waals surface area contributed by atoms with Crippen LogP contribution in [0.15, 0.2) is 24.3 Å². The van der Waals surface area contributed by atoms with Crippen LogP contribution in [-0.4, -0.2) is 25.7 Å². The monoisotopic (exact) mass is 264 g/mol. The van der Waals surface area contributed by atoms with Crippen LogP contribution in [0.3, 0.4) is 0 Å². The Balaban J connectivity index is 2.49. The summed E-state index contributed by atoms with van der Waals surface area (Å²) in [5.74, 6) is 0.467. The Hall–Kier alpha value is -1.39. The van der Waals surface area contributed by atoms with Gasteiger partial charge in [0.05, 0.1) is 0 Å². The molecule has 1 aromatic rings. The molecule has 1 rings (SSSR count). The van der Waals surface area contributed by atoms with Crippen LogP contribution in [0.5, 0.6) is 0 Å². The van der Waals surface area contributed by atoms with Crippen molar-refractivity contribution in [2.75, 3.05) is 19.0 Å². The average Bonchev–Trinajstić information content (AvgIpc) is 2.31. The van der Waals surface area contributed by atoms with Crippen LogP contribution in [0.25, 0.3) is 0 Å². The van der Waals surface area contributed by atoms with Crippen LogP contribution in [-0.2, 0) is 16.0 Å². The van der Waals surface area contributed by atoms with E-state index in [-0.39, 0.29) is 18.6 Å². The zero-order chi connectivity index (χ0) is 14.3. The molecule has 1 unspecified atom stereocenters. The van der Waals surface area contributed by atoms with Gasteiger partial charge in [-0.3, -0.25) is 4.79 Å². The first-order valence-corrected chi connectivity index (χ1v) is 6.64. The molecule has 0 heterocycles. The van der Waals surface area contributed by atoms with Gasteiger partial charge in [0.1, 0.15) is 6.61 Å². The number of rotatable bonds is 7. The van der Waals surface area contributed by atoms with Crippen molar-refractivity contribution in [3.63, 3.8) is 0 Å². The van der Waals surface area contributed by atoms with Crippen molar-refractivity contribution in [1.82, 2.24) is 0 Å². The number of amides is 1. The molecule has 0 saturated heterocycles. The topological polar surface area (TPSA) is 64.3 Å². The number of carbonyl (C=O) groups is 1. The van der Waals surface area contributed by atoms with Gasteiger partial charge in [-0.2, -0.15) is 0 Å². The SMILES string of the molecule is COCC(=O)Nc1ccc(CC(N)CC(C)C)cc1.